The summed E-state index contributed by atoms with van der Waals surface area (Å²) in [7, 11) is -3.78. The summed E-state index contributed by atoms with van der Waals surface area (Å²) in [4.78, 5) is 0.191. The molecule has 120 valence electrons. The van der Waals surface area contributed by atoms with Crippen molar-refractivity contribution in [1.82, 2.24) is 0 Å². The summed E-state index contributed by atoms with van der Waals surface area (Å²) in [6.45, 7) is 9.81. The zero-order chi connectivity index (χ0) is 16.1. The molecule has 0 spiro atoms. The minimum atomic E-state index is -3.78. The van der Waals surface area contributed by atoms with E-state index in [1.165, 1.54) is 0 Å². The molecule has 0 amide bonds. The van der Waals surface area contributed by atoms with Gasteiger partial charge < -0.3 is 4.74 Å². The van der Waals surface area contributed by atoms with E-state index in [2.05, 4.69) is 6.58 Å². The first kappa shape index (κ1) is 15.7. The maximum Gasteiger partial charge on any atom is 0.297 e. The van der Waals surface area contributed by atoms with Crippen molar-refractivity contribution in [3.8, 4) is 0 Å². The number of ether oxygens (including phenoxy) is 1. The van der Waals surface area contributed by atoms with Crippen molar-refractivity contribution in [2.75, 3.05) is 0 Å². The molecule has 1 saturated heterocycles. The van der Waals surface area contributed by atoms with E-state index in [1.807, 2.05) is 20.8 Å². The van der Waals surface area contributed by atoms with Crippen LogP contribution in [-0.2, 0) is 19.0 Å². The van der Waals surface area contributed by atoms with Crippen LogP contribution in [0.5, 0.6) is 0 Å². The van der Waals surface area contributed by atoms with Gasteiger partial charge in [0.15, 0.2) is 0 Å². The van der Waals surface area contributed by atoms with Gasteiger partial charge in [0.1, 0.15) is 11.7 Å². The second kappa shape index (κ2) is 5.18. The Balaban J connectivity index is 1.81. The lowest BCUT2D eigenvalue weighted by Crippen LogP contribution is -2.40. The third-order valence-corrected chi connectivity index (χ3v) is 6.20. The van der Waals surface area contributed by atoms with Crippen molar-refractivity contribution in [3.05, 3.63) is 42.0 Å². The van der Waals surface area contributed by atoms with Crippen LogP contribution in [0.15, 0.2) is 41.3 Å². The maximum atomic E-state index is 12.5. The molecule has 2 fully saturated rings. The lowest BCUT2D eigenvalue weighted by atomic mass is 9.78. The molecule has 0 radical (unpaired) electrons. The molecule has 5 heteroatoms. The molecule has 4 nitrogen and oxygen atoms in total. The van der Waals surface area contributed by atoms with Crippen molar-refractivity contribution >= 4 is 10.1 Å². The van der Waals surface area contributed by atoms with Crippen LogP contribution in [0, 0.1) is 12.8 Å². The van der Waals surface area contributed by atoms with Gasteiger partial charge in [-0.2, -0.15) is 8.42 Å². The van der Waals surface area contributed by atoms with E-state index in [0.717, 1.165) is 17.6 Å². The molecule has 1 aliphatic heterocycles. The van der Waals surface area contributed by atoms with Crippen LogP contribution in [0.4, 0.5) is 0 Å². The molecule has 2 aliphatic rings. The van der Waals surface area contributed by atoms with Crippen molar-refractivity contribution in [2.45, 2.75) is 56.3 Å². The minimum absolute atomic E-state index is 0.0705. The number of fused-ring (bicyclic) bond motifs is 1. The van der Waals surface area contributed by atoms with Gasteiger partial charge in [-0.25, -0.2) is 0 Å². The van der Waals surface area contributed by atoms with Crippen molar-refractivity contribution in [1.29, 1.82) is 0 Å². The normalized spacial score (nSPS) is 34.0. The van der Waals surface area contributed by atoms with E-state index >= 15 is 0 Å². The van der Waals surface area contributed by atoms with Crippen LogP contribution in [0.1, 0.15) is 32.3 Å². The van der Waals surface area contributed by atoms with Gasteiger partial charge in [0, 0.05) is 0 Å². The van der Waals surface area contributed by atoms with Gasteiger partial charge in [-0.15, -0.1) is 0 Å². The quantitative estimate of drug-likeness (QED) is 0.485. The zero-order valence-electron chi connectivity index (χ0n) is 13.2. The zero-order valence-corrected chi connectivity index (χ0v) is 14.0. The number of epoxide rings is 1. The summed E-state index contributed by atoms with van der Waals surface area (Å²) in [6.07, 6.45) is 1.14. The average Bonchev–Trinajstić information content (AvgIpc) is 3.11. The van der Waals surface area contributed by atoms with Gasteiger partial charge in [-0.05, 0) is 51.7 Å². The molecule has 0 unspecified atom stereocenters. The molecule has 1 aromatic rings. The maximum absolute atomic E-state index is 12.5. The van der Waals surface area contributed by atoms with Crippen LogP contribution >= 0.6 is 0 Å². The Morgan fingerprint density at radius 3 is 2.55 bits per heavy atom. The number of allylic oxidation sites excluding steroid dienone is 1. The predicted octanol–water partition coefficient (Wildman–Crippen LogP) is 3.21. The second-order valence-corrected chi connectivity index (χ2v) is 8.23. The predicted molar refractivity (Wildman–Crippen MR) is 84.1 cm³/mol. The van der Waals surface area contributed by atoms with E-state index < -0.39 is 21.8 Å². The summed E-state index contributed by atoms with van der Waals surface area (Å²) in [5.41, 5.74) is 1.58. The van der Waals surface area contributed by atoms with Crippen LogP contribution in [0.3, 0.4) is 0 Å². The molecule has 4 atom stereocenters. The Labute approximate surface area is 132 Å². The number of rotatable bonds is 4. The Morgan fingerprint density at radius 1 is 1.32 bits per heavy atom. The molecule has 1 heterocycles. The van der Waals surface area contributed by atoms with E-state index in [9.17, 15) is 8.42 Å². The first-order valence-corrected chi connectivity index (χ1v) is 8.96. The van der Waals surface area contributed by atoms with Crippen LogP contribution in [0.25, 0.3) is 0 Å². The van der Waals surface area contributed by atoms with Crippen molar-refractivity contribution in [3.63, 3.8) is 0 Å². The average molecular weight is 322 g/mol. The molecule has 22 heavy (non-hydrogen) atoms. The van der Waals surface area contributed by atoms with E-state index in [-0.39, 0.29) is 16.9 Å². The van der Waals surface area contributed by atoms with E-state index in [4.69, 9.17) is 8.92 Å². The molecule has 1 aromatic carbocycles. The molecule has 0 bridgehead atoms. The van der Waals surface area contributed by atoms with Crippen LogP contribution in [0.2, 0.25) is 0 Å². The highest BCUT2D eigenvalue weighted by atomic mass is 32.2. The SMILES string of the molecule is C=C(C)[C@@H]1C[C@@H]2O[C@]2(C)[C@@H](OS(=O)(=O)c2ccc(C)cc2)C1. The van der Waals surface area contributed by atoms with Gasteiger partial charge in [-0.3, -0.25) is 4.18 Å². The highest BCUT2D eigenvalue weighted by molar-refractivity contribution is 7.86. The van der Waals surface area contributed by atoms with E-state index in [0.29, 0.717) is 6.42 Å². The van der Waals surface area contributed by atoms with Crippen molar-refractivity contribution in [2.24, 2.45) is 5.92 Å². The molecule has 3 rings (SSSR count). The van der Waals surface area contributed by atoms with Gasteiger partial charge in [0.25, 0.3) is 10.1 Å². The highest BCUT2D eigenvalue weighted by Gasteiger charge is 2.63. The number of hydrogen-bond donors (Lipinski definition) is 0. The Hall–Kier alpha value is -1.17. The third kappa shape index (κ3) is 2.73. The standard InChI is InChI=1S/C17H22O4S/c1-11(2)13-9-15-17(4,20-15)16(10-13)21-22(18,19)14-7-5-12(3)6-8-14/h5-8,13,15-16H,1,9-10H2,2-4H3/t13-,15+,16+,17+/m1/s1. The lowest BCUT2D eigenvalue weighted by molar-refractivity contribution is 0.0919. The number of benzene rings is 1. The van der Waals surface area contributed by atoms with Gasteiger partial charge in [0.05, 0.1) is 11.0 Å². The summed E-state index contributed by atoms with van der Waals surface area (Å²) < 4.78 is 36.3. The summed E-state index contributed by atoms with van der Waals surface area (Å²) >= 11 is 0. The molecule has 0 N–H and O–H groups in total. The largest absolute Gasteiger partial charge is 0.363 e. The Morgan fingerprint density at radius 2 is 1.95 bits per heavy atom. The lowest BCUT2D eigenvalue weighted by Gasteiger charge is -2.30. The van der Waals surface area contributed by atoms with Crippen LogP contribution < -0.4 is 0 Å². The number of aryl methyl sites for hydroxylation is 1. The van der Waals surface area contributed by atoms with Gasteiger partial charge in [-0.1, -0.05) is 29.8 Å². The fourth-order valence-electron chi connectivity index (χ4n) is 3.14. The molecular formula is C17H22O4S. The monoisotopic (exact) mass is 322 g/mol. The first-order chi connectivity index (χ1) is 10.2. The molecule has 1 aliphatic carbocycles. The second-order valence-electron chi connectivity index (χ2n) is 6.66. The molecule has 1 saturated carbocycles. The van der Waals surface area contributed by atoms with Crippen molar-refractivity contribution < 1.29 is 17.3 Å². The highest BCUT2D eigenvalue weighted by Crippen LogP contribution is 2.52. The molecular weight excluding hydrogens is 300 g/mol. The fraction of sp³-hybridized carbons (Fsp3) is 0.529. The minimum Gasteiger partial charge on any atom is -0.363 e. The summed E-state index contributed by atoms with van der Waals surface area (Å²) in [5.74, 6) is 0.249. The topological polar surface area (TPSA) is 55.9 Å². The molecule has 0 aromatic heterocycles. The number of hydrogen-bond acceptors (Lipinski definition) is 4. The van der Waals surface area contributed by atoms with Gasteiger partial charge in [0.2, 0.25) is 0 Å². The summed E-state index contributed by atoms with van der Waals surface area (Å²) in [6, 6.07) is 6.70. The van der Waals surface area contributed by atoms with Gasteiger partial charge >= 0.3 is 0 Å². The smallest absolute Gasteiger partial charge is 0.297 e. The summed E-state index contributed by atoms with van der Waals surface area (Å²) in [5, 5.41) is 0. The third-order valence-electron chi connectivity index (χ3n) is 4.86. The Kier molecular flexibility index (Phi) is 3.70. The first-order valence-electron chi connectivity index (χ1n) is 7.55. The fourth-order valence-corrected chi connectivity index (χ4v) is 4.29. The van der Waals surface area contributed by atoms with Crippen LogP contribution in [-0.4, -0.2) is 26.2 Å². The van der Waals surface area contributed by atoms with E-state index in [1.54, 1.807) is 24.3 Å². The Bertz CT molecular complexity index is 692.